The Kier molecular flexibility index (Phi) is 11.7. The van der Waals surface area contributed by atoms with Crippen LogP contribution in [0.25, 0.3) is 33.0 Å². The second kappa shape index (κ2) is 17.5. The Morgan fingerprint density at radius 2 is 0.800 bits per heavy atom. The fourth-order valence-electron chi connectivity index (χ4n) is 11.0. The second-order valence-electron chi connectivity index (χ2n) is 18.3. The van der Waals surface area contributed by atoms with E-state index in [4.69, 9.17) is 0 Å². The number of aryl methyl sites for hydroxylation is 2. The number of benzene rings is 2. The number of imide groups is 2. The van der Waals surface area contributed by atoms with Crippen LogP contribution in [0.4, 0.5) is 0 Å². The standard InChI is InChI=1S/C50H62N6O4/c1-53-47(57)43-41-35-17-13-15-19-37(35)51-39(41)21-11-9-7-5-3-4-6-8-10-12-22-40-42(36-18-14-16-20-38(36)52-40)44-46(50(60)54(2)48(44)58)56-31-27-34(28-32-56)24-23-33-25-29-55(30-26-33)45(43)49(53)59/h13-20,33-34,51-52H,3-12,21-32H2,1-2H3. The fraction of sp³-hybridized carbons (Fsp3) is 0.520. The number of carbonyl (C=O) groups excluding carboxylic acids is 4. The number of H-pyrrole nitrogens is 2. The molecule has 316 valence electrons. The highest BCUT2D eigenvalue weighted by Gasteiger charge is 2.44. The van der Waals surface area contributed by atoms with E-state index >= 15 is 0 Å². The van der Waals surface area contributed by atoms with Crippen molar-refractivity contribution in [3.05, 3.63) is 82.4 Å². The molecule has 0 atom stereocenters. The van der Waals surface area contributed by atoms with Gasteiger partial charge in [-0.25, -0.2) is 0 Å². The van der Waals surface area contributed by atoms with Crippen LogP contribution in [0.2, 0.25) is 0 Å². The molecule has 0 saturated carbocycles. The first-order valence-corrected chi connectivity index (χ1v) is 23.1. The summed E-state index contributed by atoms with van der Waals surface area (Å²) in [6.45, 7) is 3.07. The predicted molar refractivity (Wildman–Crippen MR) is 237 cm³/mol. The van der Waals surface area contributed by atoms with Crippen molar-refractivity contribution in [1.29, 1.82) is 0 Å². The summed E-state index contributed by atoms with van der Waals surface area (Å²) in [5.74, 6) is 0.371. The highest BCUT2D eigenvalue weighted by Crippen LogP contribution is 2.42. The maximum absolute atomic E-state index is 14.0. The summed E-state index contributed by atoms with van der Waals surface area (Å²) >= 11 is 0. The summed E-state index contributed by atoms with van der Waals surface area (Å²) in [6.07, 6.45) is 19.6. The van der Waals surface area contributed by atoms with E-state index in [-0.39, 0.29) is 23.6 Å². The van der Waals surface area contributed by atoms with Gasteiger partial charge in [-0.15, -0.1) is 0 Å². The number of aromatic nitrogens is 2. The molecular formula is C50H62N6O4. The number of nitrogens with one attached hydrogen (secondary N) is 2. The van der Waals surface area contributed by atoms with E-state index in [0.717, 1.165) is 148 Å². The van der Waals surface area contributed by atoms with Gasteiger partial charge in [0, 0.05) is 84.6 Å². The summed E-state index contributed by atoms with van der Waals surface area (Å²) in [5, 5.41) is 2.04. The summed E-state index contributed by atoms with van der Waals surface area (Å²) < 4.78 is 0. The van der Waals surface area contributed by atoms with Gasteiger partial charge in [-0.1, -0.05) is 101 Å². The number of aromatic amines is 2. The number of amides is 4. The highest BCUT2D eigenvalue weighted by molar-refractivity contribution is 6.38. The van der Waals surface area contributed by atoms with Crippen molar-refractivity contribution in [3.8, 4) is 0 Å². The summed E-state index contributed by atoms with van der Waals surface area (Å²) in [7, 11) is 3.26. The third-order valence-electron chi connectivity index (χ3n) is 14.5. The van der Waals surface area contributed by atoms with Gasteiger partial charge in [0.1, 0.15) is 11.4 Å². The molecule has 7 aliphatic rings. The predicted octanol–water partition coefficient (Wildman–Crippen LogP) is 8.97. The van der Waals surface area contributed by atoms with E-state index < -0.39 is 0 Å². The van der Waals surface area contributed by atoms with E-state index in [9.17, 15) is 19.2 Å². The van der Waals surface area contributed by atoms with Crippen molar-refractivity contribution in [1.82, 2.24) is 29.6 Å². The molecule has 10 nitrogen and oxygen atoms in total. The lowest BCUT2D eigenvalue weighted by atomic mass is 9.84. The van der Waals surface area contributed by atoms with E-state index in [1.165, 1.54) is 48.3 Å². The molecule has 0 aliphatic carbocycles. The van der Waals surface area contributed by atoms with E-state index in [1.54, 1.807) is 14.1 Å². The van der Waals surface area contributed by atoms with Crippen molar-refractivity contribution in [3.63, 3.8) is 0 Å². The Balaban J connectivity index is 0.958. The van der Waals surface area contributed by atoms with Gasteiger partial charge in [0.05, 0.1) is 11.1 Å². The molecule has 0 spiro atoms. The molecule has 11 rings (SSSR count). The topological polar surface area (TPSA) is 113 Å². The average molecular weight is 811 g/mol. The van der Waals surface area contributed by atoms with Gasteiger partial charge >= 0.3 is 0 Å². The zero-order chi connectivity index (χ0) is 41.3. The van der Waals surface area contributed by atoms with Crippen molar-refractivity contribution in [2.24, 2.45) is 11.8 Å². The van der Waals surface area contributed by atoms with Crippen LogP contribution in [-0.2, 0) is 32.0 Å². The van der Waals surface area contributed by atoms with Crippen LogP contribution < -0.4 is 0 Å². The van der Waals surface area contributed by atoms with Gasteiger partial charge < -0.3 is 19.8 Å². The lowest BCUT2D eigenvalue weighted by Gasteiger charge is -2.36. The number of likely N-dealkylation sites (N-methyl/N-ethyl adjacent to an activating group) is 2. The molecule has 2 aromatic carbocycles. The van der Waals surface area contributed by atoms with Crippen LogP contribution in [-0.4, -0.2) is 93.5 Å². The van der Waals surface area contributed by atoms with E-state index in [2.05, 4.69) is 44.0 Å². The second-order valence-corrected chi connectivity index (χ2v) is 18.3. The van der Waals surface area contributed by atoms with Crippen molar-refractivity contribution >= 4 is 56.6 Å². The summed E-state index contributed by atoms with van der Waals surface area (Å²) in [5.41, 5.74) is 8.35. The normalized spacial score (nSPS) is 23.6. The number of fused-ring (bicyclic) bond motifs is 4. The van der Waals surface area contributed by atoms with Crippen LogP contribution in [0.3, 0.4) is 0 Å². The molecule has 10 heteroatoms. The van der Waals surface area contributed by atoms with Gasteiger partial charge in [-0.3, -0.25) is 29.0 Å². The number of rotatable bonds is 0. The van der Waals surface area contributed by atoms with Gasteiger partial charge in [-0.2, -0.15) is 0 Å². The van der Waals surface area contributed by atoms with Gasteiger partial charge in [0.25, 0.3) is 23.6 Å². The maximum Gasteiger partial charge on any atom is 0.277 e. The summed E-state index contributed by atoms with van der Waals surface area (Å²) in [6, 6.07) is 16.5. The third kappa shape index (κ3) is 7.60. The monoisotopic (exact) mass is 810 g/mol. The number of carbonyl (C=O) groups is 4. The molecule has 9 heterocycles. The zero-order valence-electron chi connectivity index (χ0n) is 35.8. The minimum atomic E-state index is -0.194. The first-order chi connectivity index (χ1) is 29.3. The lowest BCUT2D eigenvalue weighted by Crippen LogP contribution is -2.38. The first-order valence-electron chi connectivity index (χ1n) is 23.1. The number of piperidine rings is 2. The molecule has 4 aromatic rings. The largest absolute Gasteiger partial charge is 0.366 e. The Morgan fingerprint density at radius 1 is 0.450 bits per heavy atom. The number of para-hydroxylation sites is 2. The fourth-order valence-corrected chi connectivity index (χ4v) is 11.0. The molecule has 0 unspecified atom stereocenters. The molecule has 2 fully saturated rings. The molecule has 4 amide bonds. The van der Waals surface area contributed by atoms with Crippen LogP contribution >= 0.6 is 0 Å². The van der Waals surface area contributed by atoms with Crippen LogP contribution in [0, 0.1) is 11.8 Å². The van der Waals surface area contributed by atoms with E-state index in [1.807, 2.05) is 24.3 Å². The Labute approximate surface area is 354 Å². The SMILES string of the molecule is CN1C(=O)C2=C(C1=O)N1CCC(CCC3CCN(CC3)C3=C(C(=O)N(C)C3=O)c3c([nH]c4ccccc34)CCCCCCCCCCCCc3[nH]c4ccccc4c32)CC1. The number of nitrogens with zero attached hydrogens (tertiary/aromatic N) is 4. The van der Waals surface area contributed by atoms with E-state index in [0.29, 0.717) is 34.4 Å². The van der Waals surface area contributed by atoms with Gasteiger partial charge in [-0.05, 0) is 75.3 Å². The van der Waals surface area contributed by atoms with Crippen LogP contribution in [0.15, 0.2) is 59.9 Å². The Bertz CT molecular complexity index is 2190. The minimum absolute atomic E-state index is 0.185. The maximum atomic E-state index is 14.0. The van der Waals surface area contributed by atoms with Crippen molar-refractivity contribution < 1.29 is 19.2 Å². The molecular weight excluding hydrogens is 749 g/mol. The van der Waals surface area contributed by atoms with Crippen molar-refractivity contribution in [2.45, 2.75) is 116 Å². The molecule has 2 N–H and O–H groups in total. The van der Waals surface area contributed by atoms with Crippen LogP contribution in [0.5, 0.6) is 0 Å². The molecule has 4 bridgehead atoms. The first kappa shape index (κ1) is 40.3. The van der Waals surface area contributed by atoms with Crippen molar-refractivity contribution in [2.75, 3.05) is 40.3 Å². The molecule has 2 saturated heterocycles. The zero-order valence-corrected chi connectivity index (χ0v) is 35.8. The molecule has 7 aliphatic heterocycles. The molecule has 0 radical (unpaired) electrons. The third-order valence-corrected chi connectivity index (χ3v) is 14.5. The number of hydrogen-bond acceptors (Lipinski definition) is 6. The minimum Gasteiger partial charge on any atom is -0.366 e. The van der Waals surface area contributed by atoms with Gasteiger partial charge in [0.15, 0.2) is 0 Å². The smallest absolute Gasteiger partial charge is 0.277 e. The average Bonchev–Trinajstić information content (AvgIpc) is 3.95. The molecule has 60 heavy (non-hydrogen) atoms. The Morgan fingerprint density at radius 3 is 1.18 bits per heavy atom. The quantitative estimate of drug-likeness (QED) is 0.172. The number of hydrogen-bond donors (Lipinski definition) is 2. The van der Waals surface area contributed by atoms with Gasteiger partial charge in [0.2, 0.25) is 0 Å². The Hall–Kier alpha value is -5.12. The molecule has 2 aromatic heterocycles. The van der Waals surface area contributed by atoms with Crippen LogP contribution in [0.1, 0.15) is 125 Å². The lowest BCUT2D eigenvalue weighted by molar-refractivity contribution is -0.137. The highest BCUT2D eigenvalue weighted by atomic mass is 16.2. The summed E-state index contributed by atoms with van der Waals surface area (Å²) in [4.78, 5) is 70.2.